The van der Waals surface area contributed by atoms with Crippen molar-refractivity contribution < 1.29 is 13.2 Å². The molecule has 1 aliphatic carbocycles. The maximum absolute atomic E-state index is 12.8. The summed E-state index contributed by atoms with van der Waals surface area (Å²) in [5.41, 5.74) is 5.95. The van der Waals surface area contributed by atoms with Crippen LogP contribution in [0.25, 0.3) is 0 Å². The first-order chi connectivity index (χ1) is 10.8. The lowest BCUT2D eigenvalue weighted by molar-refractivity contribution is -0.117. The summed E-state index contributed by atoms with van der Waals surface area (Å²) in [4.78, 5) is 11.8. The molecule has 1 aromatic carbocycles. The summed E-state index contributed by atoms with van der Waals surface area (Å²) in [7, 11) is -1.93. The van der Waals surface area contributed by atoms with E-state index in [4.69, 9.17) is 5.73 Å². The van der Waals surface area contributed by atoms with Crippen molar-refractivity contribution >= 4 is 21.6 Å². The monoisotopic (exact) mass is 339 g/mol. The molecule has 0 aromatic heterocycles. The van der Waals surface area contributed by atoms with Crippen LogP contribution in [-0.4, -0.2) is 37.8 Å². The third-order valence-electron chi connectivity index (χ3n) is 4.28. The predicted molar refractivity (Wildman–Crippen MR) is 90.5 cm³/mol. The Morgan fingerprint density at radius 1 is 1.30 bits per heavy atom. The SMILES string of the molecule is C[C@@H](N)C(=O)Nc1cccc(S(=O)(=O)N(C)C2CCCCC2)c1. The lowest BCUT2D eigenvalue weighted by Gasteiger charge is -2.30. The second-order valence-corrected chi connectivity index (χ2v) is 8.12. The molecular formula is C16H25N3O3S. The lowest BCUT2D eigenvalue weighted by Crippen LogP contribution is -2.38. The lowest BCUT2D eigenvalue weighted by atomic mass is 9.96. The number of nitrogens with two attached hydrogens (primary N) is 1. The van der Waals surface area contributed by atoms with Gasteiger partial charge in [0.15, 0.2) is 0 Å². The van der Waals surface area contributed by atoms with Gasteiger partial charge in [0.05, 0.1) is 10.9 Å². The fourth-order valence-electron chi connectivity index (χ4n) is 2.80. The number of benzene rings is 1. The Morgan fingerprint density at radius 3 is 2.57 bits per heavy atom. The van der Waals surface area contributed by atoms with E-state index >= 15 is 0 Å². The average Bonchev–Trinajstić information content (AvgIpc) is 2.55. The Bertz CT molecular complexity index is 652. The molecule has 1 amide bonds. The normalized spacial score (nSPS) is 17.9. The Morgan fingerprint density at radius 2 is 1.96 bits per heavy atom. The van der Waals surface area contributed by atoms with Crippen LogP contribution in [0.5, 0.6) is 0 Å². The minimum Gasteiger partial charge on any atom is -0.325 e. The first kappa shape index (κ1) is 17.9. The van der Waals surface area contributed by atoms with Gasteiger partial charge < -0.3 is 11.1 Å². The number of anilines is 1. The summed E-state index contributed by atoms with van der Waals surface area (Å²) in [5.74, 6) is -0.347. The van der Waals surface area contributed by atoms with Crippen molar-refractivity contribution in [3.8, 4) is 0 Å². The maximum atomic E-state index is 12.8. The summed E-state index contributed by atoms with van der Waals surface area (Å²) in [6.45, 7) is 1.58. The summed E-state index contributed by atoms with van der Waals surface area (Å²) >= 11 is 0. The Hall–Kier alpha value is -1.44. The van der Waals surface area contributed by atoms with Gasteiger partial charge in [-0.15, -0.1) is 0 Å². The zero-order valence-electron chi connectivity index (χ0n) is 13.7. The van der Waals surface area contributed by atoms with Gasteiger partial charge in [-0.2, -0.15) is 4.31 Å². The molecule has 0 saturated heterocycles. The Kier molecular flexibility index (Phi) is 5.78. The highest BCUT2D eigenvalue weighted by molar-refractivity contribution is 7.89. The van der Waals surface area contributed by atoms with E-state index in [9.17, 15) is 13.2 Å². The average molecular weight is 339 g/mol. The number of nitrogens with one attached hydrogen (secondary N) is 1. The molecule has 3 N–H and O–H groups in total. The van der Waals surface area contributed by atoms with Crippen molar-refractivity contribution in [1.82, 2.24) is 4.31 Å². The number of nitrogens with zero attached hydrogens (tertiary/aromatic N) is 1. The van der Waals surface area contributed by atoms with Crippen LogP contribution in [0.1, 0.15) is 39.0 Å². The van der Waals surface area contributed by atoms with Gasteiger partial charge in [-0.3, -0.25) is 4.79 Å². The molecule has 0 heterocycles. The molecule has 1 aromatic rings. The molecule has 23 heavy (non-hydrogen) atoms. The van der Waals surface area contributed by atoms with Crippen LogP contribution in [0.15, 0.2) is 29.2 Å². The number of hydrogen-bond donors (Lipinski definition) is 2. The van der Waals surface area contributed by atoms with E-state index in [1.54, 1.807) is 32.2 Å². The number of sulfonamides is 1. The standard InChI is InChI=1S/C16H25N3O3S/c1-12(17)16(20)18-13-7-6-10-15(11-13)23(21,22)19(2)14-8-4-3-5-9-14/h6-7,10-12,14H,3-5,8-9,17H2,1-2H3,(H,18,20)/t12-/m1/s1. The van der Waals surface area contributed by atoms with E-state index in [0.29, 0.717) is 5.69 Å². The van der Waals surface area contributed by atoms with Crippen LogP contribution in [0.2, 0.25) is 0 Å². The van der Waals surface area contributed by atoms with E-state index in [1.807, 2.05) is 0 Å². The van der Waals surface area contributed by atoms with Gasteiger partial charge in [0.2, 0.25) is 15.9 Å². The van der Waals surface area contributed by atoms with Gasteiger partial charge in [0, 0.05) is 18.8 Å². The van der Waals surface area contributed by atoms with Crippen molar-refractivity contribution in [2.45, 2.75) is 56.0 Å². The molecule has 0 spiro atoms. The molecule has 1 aliphatic rings. The van der Waals surface area contributed by atoms with Crippen molar-refractivity contribution in [3.63, 3.8) is 0 Å². The molecule has 128 valence electrons. The van der Waals surface area contributed by atoms with Gasteiger partial charge >= 0.3 is 0 Å². The van der Waals surface area contributed by atoms with E-state index in [1.165, 1.54) is 16.8 Å². The van der Waals surface area contributed by atoms with Gasteiger partial charge in [-0.05, 0) is 38.0 Å². The van der Waals surface area contributed by atoms with Crippen molar-refractivity contribution in [2.24, 2.45) is 5.73 Å². The molecule has 6 nitrogen and oxygen atoms in total. The smallest absolute Gasteiger partial charge is 0.243 e. The van der Waals surface area contributed by atoms with E-state index in [0.717, 1.165) is 25.7 Å². The largest absolute Gasteiger partial charge is 0.325 e. The van der Waals surface area contributed by atoms with Crippen LogP contribution >= 0.6 is 0 Å². The number of carbonyl (C=O) groups excluding carboxylic acids is 1. The van der Waals surface area contributed by atoms with Gasteiger partial charge in [0.25, 0.3) is 0 Å². The quantitative estimate of drug-likeness (QED) is 0.857. The molecule has 0 unspecified atom stereocenters. The van der Waals surface area contributed by atoms with Crippen LogP contribution in [0, 0.1) is 0 Å². The molecule has 7 heteroatoms. The second-order valence-electron chi connectivity index (χ2n) is 6.12. The van der Waals surface area contributed by atoms with E-state index < -0.39 is 16.1 Å². The molecule has 2 rings (SSSR count). The zero-order valence-corrected chi connectivity index (χ0v) is 14.5. The highest BCUT2D eigenvalue weighted by Crippen LogP contribution is 2.27. The number of hydrogen-bond acceptors (Lipinski definition) is 4. The second kappa shape index (κ2) is 7.42. The summed E-state index contributed by atoms with van der Waals surface area (Å²) in [6.07, 6.45) is 5.10. The van der Waals surface area contributed by atoms with Crippen LogP contribution in [0.3, 0.4) is 0 Å². The number of rotatable bonds is 5. The summed E-state index contributed by atoms with van der Waals surface area (Å²) in [6, 6.07) is 5.71. The maximum Gasteiger partial charge on any atom is 0.243 e. The molecule has 0 radical (unpaired) electrons. The van der Waals surface area contributed by atoms with Crippen LogP contribution < -0.4 is 11.1 Å². The minimum atomic E-state index is -3.57. The molecule has 0 bridgehead atoms. The van der Waals surface area contributed by atoms with Crippen molar-refractivity contribution in [1.29, 1.82) is 0 Å². The number of carbonyl (C=O) groups is 1. The van der Waals surface area contributed by atoms with Crippen molar-refractivity contribution in [2.75, 3.05) is 12.4 Å². The molecular weight excluding hydrogens is 314 g/mol. The van der Waals surface area contributed by atoms with Crippen molar-refractivity contribution in [3.05, 3.63) is 24.3 Å². The molecule has 0 aliphatic heterocycles. The summed E-state index contributed by atoms with van der Waals surface area (Å²) < 4.78 is 27.1. The van der Waals surface area contributed by atoms with Crippen LogP contribution in [0.4, 0.5) is 5.69 Å². The number of amides is 1. The van der Waals surface area contributed by atoms with E-state index in [2.05, 4.69) is 5.32 Å². The fourth-order valence-corrected chi connectivity index (χ4v) is 4.26. The predicted octanol–water partition coefficient (Wildman–Crippen LogP) is 1.93. The first-order valence-corrected chi connectivity index (χ1v) is 9.41. The van der Waals surface area contributed by atoms with Gasteiger partial charge in [0.1, 0.15) is 0 Å². The molecule has 1 saturated carbocycles. The zero-order chi connectivity index (χ0) is 17.0. The summed E-state index contributed by atoms with van der Waals surface area (Å²) in [5, 5.41) is 2.63. The molecule has 1 atom stereocenters. The third kappa shape index (κ3) is 4.31. The molecule has 1 fully saturated rings. The highest BCUT2D eigenvalue weighted by Gasteiger charge is 2.29. The Balaban J connectivity index is 2.20. The van der Waals surface area contributed by atoms with Gasteiger partial charge in [-0.25, -0.2) is 8.42 Å². The van der Waals surface area contributed by atoms with Crippen LogP contribution in [-0.2, 0) is 14.8 Å². The fraction of sp³-hybridized carbons (Fsp3) is 0.562. The topological polar surface area (TPSA) is 92.5 Å². The minimum absolute atomic E-state index is 0.0519. The third-order valence-corrected chi connectivity index (χ3v) is 6.19. The van der Waals surface area contributed by atoms with E-state index in [-0.39, 0.29) is 16.8 Å². The first-order valence-electron chi connectivity index (χ1n) is 7.97. The van der Waals surface area contributed by atoms with Gasteiger partial charge in [-0.1, -0.05) is 25.3 Å². The highest BCUT2D eigenvalue weighted by atomic mass is 32.2. The Labute approximate surface area is 138 Å².